The van der Waals surface area contributed by atoms with Gasteiger partial charge in [-0.2, -0.15) is 0 Å². The first-order valence-corrected chi connectivity index (χ1v) is 33.6. The maximum Gasteiger partial charge on any atom is 0.187 e. The maximum atomic E-state index is 10.8. The van der Waals surface area contributed by atoms with E-state index in [2.05, 4.69) is 0 Å². The molecule has 30 heteroatoms. The smallest absolute Gasteiger partial charge is 0.187 e. The van der Waals surface area contributed by atoms with Crippen LogP contribution in [0.25, 0.3) is 0 Å². The molecule has 0 aromatic carbocycles. The molecule has 4 saturated heterocycles. The second kappa shape index (κ2) is 48.6. The summed E-state index contributed by atoms with van der Waals surface area (Å²) in [5.41, 5.74) is 0. The van der Waals surface area contributed by atoms with Gasteiger partial charge in [-0.25, -0.2) is 0 Å². The molecule has 94 heavy (non-hydrogen) atoms. The van der Waals surface area contributed by atoms with Crippen LogP contribution in [0.15, 0.2) is 0 Å². The Bertz CT molecular complexity index is 1840. The Labute approximate surface area is 558 Å². The lowest BCUT2D eigenvalue weighted by Gasteiger charge is -2.50. The predicted octanol–water partition coefficient (Wildman–Crippen LogP) is 0.800. The minimum Gasteiger partial charge on any atom is -0.391 e. The van der Waals surface area contributed by atoms with Crippen molar-refractivity contribution in [1.82, 2.24) is 0 Å². The van der Waals surface area contributed by atoms with Crippen LogP contribution in [0.4, 0.5) is 0 Å². The molecule has 4 fully saturated rings. The van der Waals surface area contributed by atoms with Gasteiger partial charge in [-0.1, -0.05) is 55.4 Å². The highest BCUT2D eigenvalue weighted by molar-refractivity contribution is 5.00. The van der Waals surface area contributed by atoms with E-state index in [0.717, 1.165) is 0 Å². The zero-order valence-corrected chi connectivity index (χ0v) is 58.9. The fraction of sp³-hybridized carbons (Fsp3) is 1.00. The highest BCUT2D eigenvalue weighted by Crippen LogP contribution is 2.38. The molecule has 28 unspecified atom stereocenters. The van der Waals surface area contributed by atoms with Gasteiger partial charge in [0.15, 0.2) is 25.2 Å². The first kappa shape index (κ1) is 87.0. The van der Waals surface area contributed by atoms with E-state index in [9.17, 15) is 40.9 Å². The van der Waals surface area contributed by atoms with Crippen molar-refractivity contribution < 1.29 is 145 Å². The molecule has 0 bridgehead atoms. The third kappa shape index (κ3) is 27.6. The van der Waals surface area contributed by atoms with Gasteiger partial charge in [0.05, 0.1) is 128 Å². The van der Waals surface area contributed by atoms with Gasteiger partial charge >= 0.3 is 0 Å². The van der Waals surface area contributed by atoms with Crippen molar-refractivity contribution in [3.63, 3.8) is 0 Å². The summed E-state index contributed by atoms with van der Waals surface area (Å²) in [5, 5.41) is 84.9. The summed E-state index contributed by atoms with van der Waals surface area (Å²) in [7, 11) is 12.6. The molecule has 0 aliphatic carbocycles. The fourth-order valence-electron chi connectivity index (χ4n) is 10.7. The van der Waals surface area contributed by atoms with Crippen molar-refractivity contribution in [2.75, 3.05) is 136 Å². The molecule has 4 aliphatic heterocycles. The van der Waals surface area contributed by atoms with Crippen molar-refractivity contribution in [3.05, 3.63) is 0 Å². The predicted molar refractivity (Wildman–Crippen MR) is 336 cm³/mol. The number of ether oxygens (including phenoxy) is 22. The van der Waals surface area contributed by atoms with Gasteiger partial charge in [-0.3, -0.25) is 0 Å². The zero-order valence-electron chi connectivity index (χ0n) is 58.9. The highest BCUT2D eigenvalue weighted by Gasteiger charge is 2.57. The number of aliphatic hydroxyl groups excluding tert-OH is 8. The molecule has 0 spiro atoms. The third-order valence-corrected chi connectivity index (χ3v) is 17.0. The van der Waals surface area contributed by atoms with Crippen LogP contribution in [0.5, 0.6) is 0 Å². The van der Waals surface area contributed by atoms with E-state index in [0.29, 0.717) is 51.4 Å². The van der Waals surface area contributed by atoms with Crippen molar-refractivity contribution in [1.29, 1.82) is 0 Å². The Morgan fingerprint density at radius 2 is 0.511 bits per heavy atom. The molecular formula is C64H124O30. The normalized spacial score (nSPS) is 34.2. The topological polar surface area (TPSA) is 365 Å². The van der Waals surface area contributed by atoms with Crippen LogP contribution in [0, 0.1) is 0 Å². The minimum absolute atomic E-state index is 0.0270. The van der Waals surface area contributed by atoms with E-state index in [1.807, 2.05) is 13.8 Å². The Morgan fingerprint density at radius 3 is 0.894 bits per heavy atom. The average molecular weight is 1370 g/mol. The molecule has 0 aromatic rings. The molecule has 30 nitrogen and oxygen atoms in total. The molecule has 0 radical (unpaired) electrons. The molecule has 560 valence electrons. The Kier molecular flexibility index (Phi) is 45.0. The Hall–Kier alpha value is -1.20. The van der Waals surface area contributed by atoms with E-state index in [1.54, 1.807) is 98.4 Å². The fourth-order valence-corrected chi connectivity index (χ4v) is 10.7. The second-order valence-electron chi connectivity index (χ2n) is 23.9. The van der Waals surface area contributed by atoms with Gasteiger partial charge < -0.3 is 145 Å². The van der Waals surface area contributed by atoms with Crippen LogP contribution in [-0.2, 0) is 104 Å². The lowest BCUT2D eigenvalue weighted by atomic mass is 9.95. The van der Waals surface area contributed by atoms with Gasteiger partial charge in [0, 0.05) is 56.9 Å². The van der Waals surface area contributed by atoms with Crippen LogP contribution < -0.4 is 0 Å². The largest absolute Gasteiger partial charge is 0.391 e. The highest BCUT2D eigenvalue weighted by atomic mass is 16.8. The first-order valence-electron chi connectivity index (χ1n) is 33.6. The summed E-state index contributed by atoms with van der Waals surface area (Å²) in [4.78, 5) is 0. The number of rotatable bonds is 48. The number of aliphatic hydroxyl groups is 8. The van der Waals surface area contributed by atoms with Crippen molar-refractivity contribution in [2.24, 2.45) is 0 Å². The van der Waals surface area contributed by atoms with E-state index in [1.165, 1.54) is 0 Å². The maximum absolute atomic E-state index is 10.8. The molecule has 8 N–H and O–H groups in total. The number of hydrogen-bond donors (Lipinski definition) is 8. The Morgan fingerprint density at radius 1 is 0.245 bits per heavy atom. The molecule has 0 amide bonds. The standard InChI is InChI=1S/C44H86O19.C20H38O11/c1-9-27(45)17-53-25-35-37(55-19-29(47)11-3)39(56-20-30(48)12-4)42(59-23-33(51)15-7)44(62-35)63-38-36(26-54-18-28(46)10-2)61-43(60-24-34(52)16-8)41(58-22-32(50)14-6)40(38)57-21-31(49)13-5;1-21-9-11-13(23-3)15(24-4)18(27-7)20(30-11)31-14-12(10-22-2)29-19(28-8)17(26-6)16(14)25-5/h27-52H,9-26H2,1-8H3;11-20H,9-10H2,1-8H3. The van der Waals surface area contributed by atoms with Crippen LogP contribution >= 0.6 is 0 Å². The van der Waals surface area contributed by atoms with Gasteiger partial charge in [0.1, 0.15) is 97.7 Å². The third-order valence-electron chi connectivity index (χ3n) is 17.0. The molecule has 4 heterocycles. The average Bonchev–Trinajstić information content (AvgIpc) is 0.784. The molecule has 28 atom stereocenters. The summed E-state index contributed by atoms with van der Waals surface area (Å²) in [6.45, 7) is 13.7. The van der Waals surface area contributed by atoms with Crippen LogP contribution in [0.2, 0.25) is 0 Å². The summed E-state index contributed by atoms with van der Waals surface area (Å²) in [6.07, 6.45) is -20.5. The Balaban J connectivity index is 0.000000617. The van der Waals surface area contributed by atoms with Crippen molar-refractivity contribution in [3.8, 4) is 0 Å². The summed E-state index contributed by atoms with van der Waals surface area (Å²) in [5.74, 6) is 0. The minimum atomic E-state index is -1.39. The lowest BCUT2D eigenvalue weighted by Crippen LogP contribution is -2.67. The summed E-state index contributed by atoms with van der Waals surface area (Å²) < 4.78 is 134. The molecule has 4 rings (SSSR count). The first-order chi connectivity index (χ1) is 45.2. The zero-order chi connectivity index (χ0) is 69.9. The van der Waals surface area contributed by atoms with Gasteiger partial charge in [-0.05, 0) is 51.4 Å². The van der Waals surface area contributed by atoms with Crippen LogP contribution in [0.3, 0.4) is 0 Å². The molecule has 0 aromatic heterocycles. The van der Waals surface area contributed by atoms with Crippen molar-refractivity contribution in [2.45, 2.75) is 278 Å². The van der Waals surface area contributed by atoms with Crippen molar-refractivity contribution >= 4 is 0 Å². The van der Waals surface area contributed by atoms with E-state index >= 15 is 0 Å². The number of methoxy groups -OCH3 is 8. The monoisotopic (exact) mass is 1370 g/mol. The molecular weight excluding hydrogens is 1250 g/mol. The van der Waals surface area contributed by atoms with E-state index in [4.69, 9.17) is 104 Å². The van der Waals surface area contributed by atoms with E-state index in [-0.39, 0.29) is 79.3 Å². The second-order valence-corrected chi connectivity index (χ2v) is 23.9. The van der Waals surface area contributed by atoms with Gasteiger partial charge in [-0.15, -0.1) is 0 Å². The quantitative estimate of drug-likeness (QED) is 0.0418. The van der Waals surface area contributed by atoms with Gasteiger partial charge in [0.2, 0.25) is 0 Å². The van der Waals surface area contributed by atoms with Crippen LogP contribution in [-0.4, -0.2) is 349 Å². The van der Waals surface area contributed by atoms with E-state index < -0.39 is 172 Å². The summed E-state index contributed by atoms with van der Waals surface area (Å²) in [6, 6.07) is 0. The lowest BCUT2D eigenvalue weighted by molar-refractivity contribution is -0.378. The molecule has 4 aliphatic rings. The number of hydrogen-bond acceptors (Lipinski definition) is 30. The van der Waals surface area contributed by atoms with Gasteiger partial charge in [0.25, 0.3) is 0 Å². The van der Waals surface area contributed by atoms with Crippen LogP contribution in [0.1, 0.15) is 107 Å². The SMILES string of the molecule is CCC(O)COCC1OC(OC2C(COCC(O)CC)OC(OCC(O)CC)C(OCC(O)CC)C2OCC(O)CC)C(OCC(O)CC)C(OCC(O)CC)C1OCC(O)CC.COCC1OC(OC2C(COC)OC(OC)C(OC)C2OC)C(OC)C(OC)C1OC. The summed E-state index contributed by atoms with van der Waals surface area (Å²) >= 11 is 0. The molecule has 0 saturated carbocycles.